The summed E-state index contributed by atoms with van der Waals surface area (Å²) in [5.41, 5.74) is 2.43. The molecule has 5 nitrogen and oxygen atoms in total. The summed E-state index contributed by atoms with van der Waals surface area (Å²) >= 11 is 3.53. The summed E-state index contributed by atoms with van der Waals surface area (Å²) < 4.78 is 2.79. The third kappa shape index (κ3) is 4.70. The highest BCUT2D eigenvalue weighted by molar-refractivity contribution is 14.1. The fraction of sp³-hybridized carbons (Fsp3) is 0.250. The molecule has 27 heavy (non-hydrogen) atoms. The topological polar surface area (TPSA) is 64.0 Å². The summed E-state index contributed by atoms with van der Waals surface area (Å²) in [7, 11) is 0. The van der Waals surface area contributed by atoms with Crippen molar-refractivity contribution in [1.82, 2.24) is 9.55 Å². The highest BCUT2D eigenvalue weighted by atomic mass is 127. The zero-order chi connectivity index (χ0) is 19.4. The molecule has 0 atom stereocenters. The van der Waals surface area contributed by atoms with Crippen molar-refractivity contribution in [1.29, 1.82) is 0 Å². The minimum atomic E-state index is -0.116. The van der Waals surface area contributed by atoms with Gasteiger partial charge in [0, 0.05) is 15.8 Å². The molecule has 1 N–H and O–H groups in total. The third-order valence-electron chi connectivity index (χ3n) is 4.07. The summed E-state index contributed by atoms with van der Waals surface area (Å²) in [5, 5.41) is 4.12. The molecule has 0 saturated heterocycles. The SMILES string of the molecule is CCCn1c(SCC(=O)Nc2ccc(I)cc2C)nc2ccccc2c1=O. The molecule has 0 aliphatic rings. The number of anilines is 1. The predicted molar refractivity (Wildman–Crippen MR) is 120 cm³/mol. The molecule has 0 radical (unpaired) electrons. The van der Waals surface area contributed by atoms with E-state index in [4.69, 9.17) is 0 Å². The lowest BCUT2D eigenvalue weighted by Crippen LogP contribution is -2.24. The molecule has 2 aromatic carbocycles. The van der Waals surface area contributed by atoms with E-state index in [1.165, 1.54) is 11.8 Å². The van der Waals surface area contributed by atoms with Crippen LogP contribution in [-0.2, 0) is 11.3 Å². The van der Waals surface area contributed by atoms with Gasteiger partial charge in [-0.1, -0.05) is 30.8 Å². The monoisotopic (exact) mass is 493 g/mol. The second kappa shape index (κ2) is 8.88. The van der Waals surface area contributed by atoms with Gasteiger partial charge in [0.1, 0.15) is 0 Å². The van der Waals surface area contributed by atoms with E-state index in [0.717, 1.165) is 21.2 Å². The van der Waals surface area contributed by atoms with Crippen molar-refractivity contribution in [3.63, 3.8) is 0 Å². The fourth-order valence-corrected chi connectivity index (χ4v) is 4.23. The summed E-state index contributed by atoms with van der Waals surface area (Å²) in [4.78, 5) is 29.8. The van der Waals surface area contributed by atoms with Crippen molar-refractivity contribution in [2.24, 2.45) is 0 Å². The van der Waals surface area contributed by atoms with Gasteiger partial charge in [-0.3, -0.25) is 14.2 Å². The van der Waals surface area contributed by atoms with Crippen LogP contribution in [0.25, 0.3) is 10.9 Å². The first kappa shape index (κ1) is 19.9. The zero-order valence-electron chi connectivity index (χ0n) is 15.2. The molecule has 0 unspecified atom stereocenters. The summed E-state index contributed by atoms with van der Waals surface area (Å²) in [6, 6.07) is 13.2. The van der Waals surface area contributed by atoms with Crippen molar-refractivity contribution < 1.29 is 4.79 Å². The minimum Gasteiger partial charge on any atom is -0.325 e. The fourth-order valence-electron chi connectivity index (χ4n) is 2.76. The van der Waals surface area contributed by atoms with Crippen molar-refractivity contribution in [3.8, 4) is 0 Å². The van der Waals surface area contributed by atoms with E-state index >= 15 is 0 Å². The van der Waals surface area contributed by atoms with Gasteiger partial charge in [0.2, 0.25) is 5.91 Å². The van der Waals surface area contributed by atoms with E-state index in [0.29, 0.717) is 22.6 Å². The number of nitrogens with zero attached hydrogens (tertiary/aromatic N) is 2. The lowest BCUT2D eigenvalue weighted by molar-refractivity contribution is -0.113. The molecule has 1 amide bonds. The number of aromatic nitrogens is 2. The lowest BCUT2D eigenvalue weighted by Gasteiger charge is -2.13. The van der Waals surface area contributed by atoms with Crippen LogP contribution in [0.15, 0.2) is 52.4 Å². The van der Waals surface area contributed by atoms with Gasteiger partial charge in [0.25, 0.3) is 5.56 Å². The van der Waals surface area contributed by atoms with Crippen LogP contribution in [0.5, 0.6) is 0 Å². The number of carbonyl (C=O) groups is 1. The van der Waals surface area contributed by atoms with E-state index in [1.54, 1.807) is 10.6 Å². The number of aryl methyl sites for hydroxylation is 1. The Labute approximate surface area is 175 Å². The molecule has 0 fully saturated rings. The average molecular weight is 493 g/mol. The maximum Gasteiger partial charge on any atom is 0.262 e. The Kier molecular flexibility index (Phi) is 6.54. The Morgan fingerprint density at radius 2 is 2.04 bits per heavy atom. The summed E-state index contributed by atoms with van der Waals surface area (Å²) in [5.74, 6) is 0.0784. The number of nitrogens with one attached hydrogen (secondary N) is 1. The summed E-state index contributed by atoms with van der Waals surface area (Å²) in [6.07, 6.45) is 0.821. The number of benzene rings is 2. The molecule has 3 rings (SSSR count). The van der Waals surface area contributed by atoms with Crippen LogP contribution in [0.4, 0.5) is 5.69 Å². The number of fused-ring (bicyclic) bond motifs is 1. The first-order valence-electron chi connectivity index (χ1n) is 8.68. The molecule has 0 saturated carbocycles. The molecule has 3 aromatic rings. The molecule has 140 valence electrons. The maximum absolute atomic E-state index is 12.8. The van der Waals surface area contributed by atoms with Crippen molar-refractivity contribution in [3.05, 3.63) is 62.0 Å². The largest absolute Gasteiger partial charge is 0.325 e. The third-order valence-corrected chi connectivity index (χ3v) is 5.72. The Balaban J connectivity index is 1.80. The number of hydrogen-bond donors (Lipinski definition) is 1. The Morgan fingerprint density at radius 1 is 1.26 bits per heavy atom. The van der Waals surface area contributed by atoms with Gasteiger partial charge in [-0.2, -0.15) is 0 Å². The number of rotatable bonds is 6. The van der Waals surface area contributed by atoms with Crippen LogP contribution in [0, 0.1) is 10.5 Å². The van der Waals surface area contributed by atoms with Crippen LogP contribution in [0.1, 0.15) is 18.9 Å². The molecule has 1 aromatic heterocycles. The number of thioether (sulfide) groups is 1. The molecule has 1 heterocycles. The van der Waals surface area contributed by atoms with Crippen LogP contribution in [0.2, 0.25) is 0 Å². The van der Waals surface area contributed by atoms with E-state index < -0.39 is 0 Å². The van der Waals surface area contributed by atoms with Crippen LogP contribution < -0.4 is 10.9 Å². The van der Waals surface area contributed by atoms with E-state index in [2.05, 4.69) is 32.9 Å². The van der Waals surface area contributed by atoms with Gasteiger partial charge in [0.15, 0.2) is 5.16 Å². The van der Waals surface area contributed by atoms with Crippen LogP contribution >= 0.6 is 34.4 Å². The number of para-hydroxylation sites is 1. The van der Waals surface area contributed by atoms with Crippen molar-refractivity contribution in [2.75, 3.05) is 11.1 Å². The molecular formula is C20H20IN3O2S. The predicted octanol–water partition coefficient (Wildman–Crippen LogP) is 4.45. The Morgan fingerprint density at radius 3 is 2.78 bits per heavy atom. The van der Waals surface area contributed by atoms with Crippen LogP contribution in [-0.4, -0.2) is 21.2 Å². The zero-order valence-corrected chi connectivity index (χ0v) is 18.1. The van der Waals surface area contributed by atoms with Crippen molar-refractivity contribution in [2.45, 2.75) is 32.0 Å². The van der Waals surface area contributed by atoms with Gasteiger partial charge in [-0.05, 0) is 71.8 Å². The molecule has 0 spiro atoms. The molecule has 0 aliphatic heterocycles. The smallest absolute Gasteiger partial charge is 0.262 e. The first-order valence-corrected chi connectivity index (χ1v) is 10.7. The maximum atomic E-state index is 12.8. The van der Waals surface area contributed by atoms with Gasteiger partial charge in [0.05, 0.1) is 16.7 Å². The van der Waals surface area contributed by atoms with Gasteiger partial charge < -0.3 is 5.32 Å². The van der Waals surface area contributed by atoms with Gasteiger partial charge in [-0.15, -0.1) is 0 Å². The van der Waals surface area contributed by atoms with Crippen molar-refractivity contribution >= 4 is 56.9 Å². The van der Waals surface area contributed by atoms with Gasteiger partial charge >= 0.3 is 0 Å². The summed E-state index contributed by atoms with van der Waals surface area (Å²) in [6.45, 7) is 4.56. The van der Waals surface area contributed by atoms with E-state index in [-0.39, 0.29) is 17.2 Å². The molecule has 7 heteroatoms. The molecule has 0 aliphatic carbocycles. The van der Waals surface area contributed by atoms with E-state index in [1.807, 2.05) is 50.2 Å². The normalized spacial score (nSPS) is 10.9. The van der Waals surface area contributed by atoms with Gasteiger partial charge in [-0.25, -0.2) is 4.98 Å². The highest BCUT2D eigenvalue weighted by Crippen LogP contribution is 2.21. The number of halogens is 1. The highest BCUT2D eigenvalue weighted by Gasteiger charge is 2.13. The number of carbonyl (C=O) groups excluding carboxylic acids is 1. The quantitative estimate of drug-likeness (QED) is 0.313. The number of amides is 1. The Bertz CT molecular complexity index is 1050. The first-order chi connectivity index (χ1) is 13.0. The number of hydrogen-bond acceptors (Lipinski definition) is 4. The second-order valence-corrected chi connectivity index (χ2v) is 8.35. The Hall–Kier alpha value is -1.87. The standard InChI is InChI=1S/C20H20IN3O2S/c1-3-10-24-19(26)15-6-4-5-7-17(15)23-20(24)27-12-18(25)22-16-9-8-14(21)11-13(16)2/h4-9,11H,3,10,12H2,1-2H3,(H,22,25). The average Bonchev–Trinajstić information content (AvgIpc) is 2.65. The van der Waals surface area contributed by atoms with Crippen LogP contribution in [0.3, 0.4) is 0 Å². The lowest BCUT2D eigenvalue weighted by atomic mass is 10.2. The van der Waals surface area contributed by atoms with E-state index in [9.17, 15) is 9.59 Å². The second-order valence-electron chi connectivity index (χ2n) is 6.16. The minimum absolute atomic E-state index is 0.0566. The molecular weight excluding hydrogens is 473 g/mol. The molecule has 0 bridgehead atoms.